The first-order valence-corrected chi connectivity index (χ1v) is 15.5. The van der Waals surface area contributed by atoms with Crippen molar-refractivity contribution in [1.82, 2.24) is 4.90 Å². The molecule has 0 spiro atoms. The Kier molecular flexibility index (Phi) is 10.1. The van der Waals surface area contributed by atoms with E-state index in [1.54, 1.807) is 60.4 Å². The van der Waals surface area contributed by atoms with Crippen LogP contribution in [0.5, 0.6) is 5.75 Å². The number of fused-ring (bicyclic) bond motifs is 1. The first-order valence-electron chi connectivity index (χ1n) is 15.5. The molecule has 3 aromatic rings. The van der Waals surface area contributed by atoms with E-state index in [1.807, 2.05) is 36.4 Å². The Bertz CT molecular complexity index is 1680. The fraction of sp³-hybridized carbons (Fsp3) is 0.333. The van der Waals surface area contributed by atoms with Gasteiger partial charge in [0.2, 0.25) is 11.8 Å². The Labute approximate surface area is 273 Å². The highest BCUT2D eigenvalue weighted by Gasteiger charge is 2.52. The topological polar surface area (TPSA) is 137 Å². The number of benzene rings is 3. The molecule has 2 heterocycles. The summed E-state index contributed by atoms with van der Waals surface area (Å²) in [6.07, 6.45) is 2.74. The molecule has 47 heavy (non-hydrogen) atoms. The van der Waals surface area contributed by atoms with Gasteiger partial charge in [-0.05, 0) is 41.5 Å². The van der Waals surface area contributed by atoms with E-state index in [0.717, 1.165) is 5.56 Å². The van der Waals surface area contributed by atoms with E-state index < -0.39 is 29.6 Å². The number of β-lactam (4-membered cyclic amide) rings is 1. The van der Waals surface area contributed by atoms with Crippen LogP contribution >= 0.6 is 0 Å². The van der Waals surface area contributed by atoms with E-state index in [0.29, 0.717) is 34.8 Å². The van der Waals surface area contributed by atoms with Crippen molar-refractivity contribution in [3.05, 3.63) is 102 Å². The summed E-state index contributed by atoms with van der Waals surface area (Å²) in [5, 5.41) is 21.6. The Hall–Kier alpha value is -5.00. The zero-order valence-electron chi connectivity index (χ0n) is 26.7. The van der Waals surface area contributed by atoms with Crippen molar-refractivity contribution in [2.45, 2.75) is 51.6 Å². The second-order valence-corrected chi connectivity index (χ2v) is 11.7. The van der Waals surface area contributed by atoms with Crippen LogP contribution in [0.2, 0.25) is 0 Å². The van der Waals surface area contributed by atoms with Crippen molar-refractivity contribution in [2.75, 3.05) is 30.1 Å². The summed E-state index contributed by atoms with van der Waals surface area (Å²) in [7, 11) is 1.50. The predicted molar refractivity (Wildman–Crippen MR) is 174 cm³/mol. The molecule has 0 radical (unpaired) electrons. The van der Waals surface area contributed by atoms with Gasteiger partial charge in [-0.15, -0.1) is 0 Å². The molecule has 5 rings (SSSR count). The number of methoxy groups -OCH3 is 1. The van der Waals surface area contributed by atoms with Crippen LogP contribution < -0.4 is 14.5 Å². The molecule has 11 nitrogen and oxygen atoms in total. The van der Waals surface area contributed by atoms with Crippen LogP contribution in [0, 0.1) is 5.92 Å². The molecule has 3 amide bonds. The van der Waals surface area contributed by atoms with Crippen LogP contribution in [0.25, 0.3) is 0 Å². The second-order valence-electron chi connectivity index (χ2n) is 11.7. The minimum absolute atomic E-state index is 0.0203. The fourth-order valence-corrected chi connectivity index (χ4v) is 6.04. The number of aliphatic hydroxyl groups is 2. The van der Waals surface area contributed by atoms with Crippen LogP contribution in [0.15, 0.2) is 84.9 Å². The number of ether oxygens (including phenoxy) is 2. The molecule has 1 saturated heterocycles. The van der Waals surface area contributed by atoms with Crippen molar-refractivity contribution < 1.29 is 38.9 Å². The van der Waals surface area contributed by atoms with Gasteiger partial charge in [-0.2, -0.15) is 0 Å². The lowest BCUT2D eigenvalue weighted by Crippen LogP contribution is -2.54. The highest BCUT2D eigenvalue weighted by Crippen LogP contribution is 2.47. The first kappa shape index (κ1) is 33.4. The van der Waals surface area contributed by atoms with Crippen LogP contribution in [0.3, 0.4) is 0 Å². The third-order valence-corrected chi connectivity index (χ3v) is 8.53. The quantitative estimate of drug-likeness (QED) is 0.164. The van der Waals surface area contributed by atoms with Gasteiger partial charge in [0.1, 0.15) is 5.75 Å². The Morgan fingerprint density at radius 1 is 1.06 bits per heavy atom. The zero-order chi connectivity index (χ0) is 33.7. The number of aliphatic hydroxyl groups excluding tert-OH is 1. The van der Waals surface area contributed by atoms with E-state index >= 15 is 0 Å². The lowest BCUT2D eigenvalue weighted by molar-refractivity contribution is -0.154. The summed E-state index contributed by atoms with van der Waals surface area (Å²) in [5.41, 5.74) is 1.10. The molecule has 1 unspecified atom stereocenters. The lowest BCUT2D eigenvalue weighted by Gasteiger charge is -2.39. The highest BCUT2D eigenvalue weighted by molar-refractivity contribution is 6.07. The number of esters is 1. The number of carbonyl (C=O) groups excluding carboxylic acids is 4. The molecule has 2 aliphatic rings. The van der Waals surface area contributed by atoms with Gasteiger partial charge in [0.15, 0.2) is 11.8 Å². The van der Waals surface area contributed by atoms with Crippen molar-refractivity contribution in [3.63, 3.8) is 0 Å². The zero-order valence-corrected chi connectivity index (χ0v) is 26.7. The third-order valence-electron chi connectivity index (χ3n) is 8.53. The molecule has 3 atom stereocenters. The molecule has 0 saturated carbocycles. The average molecular weight is 642 g/mol. The predicted octanol–water partition coefficient (Wildman–Crippen LogP) is 3.66. The number of carbonyl (C=O) groups is 4. The van der Waals surface area contributed by atoms with Gasteiger partial charge in [-0.25, -0.2) is 0 Å². The fourth-order valence-electron chi connectivity index (χ4n) is 6.04. The highest BCUT2D eigenvalue weighted by atomic mass is 16.6. The Morgan fingerprint density at radius 3 is 2.49 bits per heavy atom. The van der Waals surface area contributed by atoms with Gasteiger partial charge in [0.25, 0.3) is 5.91 Å². The molecule has 246 valence electrons. The van der Waals surface area contributed by atoms with Crippen molar-refractivity contribution in [1.29, 1.82) is 0 Å². The van der Waals surface area contributed by atoms with Gasteiger partial charge >= 0.3 is 5.97 Å². The maximum absolute atomic E-state index is 14.1. The lowest BCUT2D eigenvalue weighted by atomic mass is 9.83. The minimum atomic E-state index is -1.95. The largest absolute Gasteiger partial charge is 0.497 e. The standard InChI is InChI=1S/C36H39N3O8/c1-24(9-7-14-32(42)37(17-18-40)22-26-10-5-4-6-11-26)36(45)30-20-29(46-3)15-16-31(30)38(35(36)44)23-27-12-8-13-28(19-27)39-33(43)21-34(39)47-25(2)41/h4-13,15-16,19-20,24,34,40,45H,14,17-18,21-23H2,1-3H3/b9-7+/t24-,34?,36+/m1/s1. The van der Waals surface area contributed by atoms with Crippen LogP contribution in [0.4, 0.5) is 11.4 Å². The van der Waals surface area contributed by atoms with E-state index in [2.05, 4.69) is 0 Å². The van der Waals surface area contributed by atoms with Crippen molar-refractivity contribution >= 4 is 35.1 Å². The molecular formula is C36H39N3O8. The third kappa shape index (κ3) is 6.91. The smallest absolute Gasteiger partial charge is 0.304 e. The number of nitrogens with zero attached hydrogens (tertiary/aromatic N) is 3. The summed E-state index contributed by atoms with van der Waals surface area (Å²) in [4.78, 5) is 55.5. The first-order chi connectivity index (χ1) is 22.6. The maximum Gasteiger partial charge on any atom is 0.304 e. The van der Waals surface area contributed by atoms with Crippen LogP contribution in [-0.2, 0) is 42.6 Å². The van der Waals surface area contributed by atoms with Gasteiger partial charge in [0.05, 0.1) is 32.4 Å². The van der Waals surface area contributed by atoms with E-state index in [-0.39, 0.29) is 44.4 Å². The summed E-state index contributed by atoms with van der Waals surface area (Å²) < 4.78 is 10.7. The number of amides is 3. The number of hydrogen-bond donors (Lipinski definition) is 2. The number of rotatable bonds is 13. The normalized spacial score (nSPS) is 19.4. The van der Waals surface area contributed by atoms with Gasteiger partial charge in [-0.3, -0.25) is 24.1 Å². The Morgan fingerprint density at radius 2 is 1.81 bits per heavy atom. The van der Waals surface area contributed by atoms with Gasteiger partial charge < -0.3 is 29.5 Å². The molecule has 0 bridgehead atoms. The average Bonchev–Trinajstić information content (AvgIpc) is 3.26. The molecule has 1 fully saturated rings. The summed E-state index contributed by atoms with van der Waals surface area (Å²) in [6.45, 7) is 3.46. The monoisotopic (exact) mass is 641 g/mol. The minimum Gasteiger partial charge on any atom is -0.497 e. The Balaban J connectivity index is 1.35. The molecular weight excluding hydrogens is 602 g/mol. The summed E-state index contributed by atoms with van der Waals surface area (Å²) in [5.74, 6) is -1.67. The van der Waals surface area contributed by atoms with E-state index in [9.17, 15) is 29.4 Å². The van der Waals surface area contributed by atoms with Crippen molar-refractivity contribution in [3.8, 4) is 5.75 Å². The van der Waals surface area contributed by atoms with Gasteiger partial charge in [-0.1, -0.05) is 61.5 Å². The second kappa shape index (κ2) is 14.2. The molecule has 0 aromatic heterocycles. The molecule has 3 aromatic carbocycles. The van der Waals surface area contributed by atoms with Crippen molar-refractivity contribution in [2.24, 2.45) is 5.92 Å². The summed E-state index contributed by atoms with van der Waals surface area (Å²) in [6, 6.07) is 21.6. The molecule has 11 heteroatoms. The number of hydrogen-bond acceptors (Lipinski definition) is 8. The van der Waals surface area contributed by atoms with E-state index in [4.69, 9.17) is 9.47 Å². The van der Waals surface area contributed by atoms with Gasteiger partial charge in [0, 0.05) is 43.6 Å². The van der Waals surface area contributed by atoms with Crippen LogP contribution in [0.1, 0.15) is 43.4 Å². The number of anilines is 2. The molecule has 0 aliphatic carbocycles. The van der Waals surface area contributed by atoms with E-state index in [1.165, 1.54) is 23.8 Å². The molecule has 2 N–H and O–H groups in total. The SMILES string of the molecule is COc1ccc2c(c1)[C@@](O)([C@H](C)/C=C/CC(=O)N(CCO)Cc1ccccc1)C(=O)N2Cc1cccc(N2C(=O)CC2OC(C)=O)c1. The molecule has 2 aliphatic heterocycles. The summed E-state index contributed by atoms with van der Waals surface area (Å²) >= 11 is 0. The van der Waals surface area contributed by atoms with Crippen LogP contribution in [-0.4, -0.2) is 65.3 Å². The maximum atomic E-state index is 14.1.